The summed E-state index contributed by atoms with van der Waals surface area (Å²) in [5.41, 5.74) is 0. The minimum absolute atomic E-state index is 0. The molecule has 2 aliphatic rings. The Morgan fingerprint density at radius 3 is 2.50 bits per heavy atom. The first-order chi connectivity index (χ1) is 10.5. The number of rotatable bonds is 3. The van der Waals surface area contributed by atoms with Gasteiger partial charge >= 0.3 is 0 Å². The number of carbonyl (C=O) groups excluding carboxylic acids is 1. The van der Waals surface area contributed by atoms with Gasteiger partial charge in [-0.3, -0.25) is 10.1 Å². The Balaban J connectivity index is 0.00000144. The number of nitrogens with zero attached hydrogens (tertiary/aromatic N) is 4. The molecular formula is C13H21Cl2F2N5OS. The van der Waals surface area contributed by atoms with Crippen molar-refractivity contribution in [3.63, 3.8) is 0 Å². The zero-order chi connectivity index (χ0) is 15.7. The van der Waals surface area contributed by atoms with Crippen LogP contribution in [0.4, 0.5) is 13.9 Å². The van der Waals surface area contributed by atoms with E-state index in [-0.39, 0.29) is 30.7 Å². The van der Waals surface area contributed by atoms with E-state index in [0.717, 1.165) is 17.4 Å². The van der Waals surface area contributed by atoms with Crippen LogP contribution in [0.3, 0.4) is 0 Å². The predicted octanol–water partition coefficient (Wildman–Crippen LogP) is 1.59. The van der Waals surface area contributed by atoms with Crippen LogP contribution in [0.15, 0.2) is 0 Å². The molecule has 1 aromatic heterocycles. The molecule has 1 aromatic rings. The van der Waals surface area contributed by atoms with E-state index in [1.807, 2.05) is 6.92 Å². The van der Waals surface area contributed by atoms with E-state index in [9.17, 15) is 13.6 Å². The number of anilines is 1. The summed E-state index contributed by atoms with van der Waals surface area (Å²) >= 11 is 1.37. The molecule has 1 N–H and O–H groups in total. The molecule has 2 fully saturated rings. The molecule has 0 saturated carbocycles. The largest absolute Gasteiger partial charge is 0.343 e. The summed E-state index contributed by atoms with van der Waals surface area (Å²) in [6, 6.07) is -0.755. The third kappa shape index (κ3) is 4.65. The molecule has 6 nitrogen and oxygen atoms in total. The molecule has 11 heteroatoms. The highest BCUT2D eigenvalue weighted by molar-refractivity contribution is 7.09. The summed E-state index contributed by atoms with van der Waals surface area (Å²) in [5.74, 6) is -2.16. The van der Waals surface area contributed by atoms with Gasteiger partial charge in [-0.2, -0.15) is 4.37 Å². The summed E-state index contributed by atoms with van der Waals surface area (Å²) in [6.07, 6.45) is 0.402. The first-order valence-electron chi connectivity index (χ1n) is 7.46. The van der Waals surface area contributed by atoms with Gasteiger partial charge in [0.15, 0.2) is 0 Å². The first-order valence-corrected chi connectivity index (χ1v) is 8.23. The number of hydrogen-bond donors (Lipinski definition) is 1. The molecule has 0 bridgehead atoms. The highest BCUT2D eigenvalue weighted by Gasteiger charge is 2.43. The number of carbonyl (C=O) groups is 1. The van der Waals surface area contributed by atoms with Crippen molar-refractivity contribution < 1.29 is 13.6 Å². The van der Waals surface area contributed by atoms with Crippen molar-refractivity contribution in [2.75, 3.05) is 37.6 Å². The van der Waals surface area contributed by atoms with Crippen LogP contribution in [-0.2, 0) is 11.2 Å². The number of halogens is 4. The zero-order valence-electron chi connectivity index (χ0n) is 13.2. The molecule has 3 rings (SSSR count). The van der Waals surface area contributed by atoms with Crippen molar-refractivity contribution in [3.8, 4) is 0 Å². The van der Waals surface area contributed by atoms with Gasteiger partial charge < -0.3 is 9.80 Å². The van der Waals surface area contributed by atoms with Crippen molar-refractivity contribution in [1.82, 2.24) is 19.6 Å². The van der Waals surface area contributed by atoms with Gasteiger partial charge in [-0.05, 0) is 0 Å². The Morgan fingerprint density at radius 2 is 2.00 bits per heavy atom. The summed E-state index contributed by atoms with van der Waals surface area (Å²) in [7, 11) is 0. The van der Waals surface area contributed by atoms with E-state index in [1.54, 1.807) is 4.90 Å². The molecule has 2 saturated heterocycles. The lowest BCUT2D eigenvalue weighted by atomic mass is 10.1. The molecule has 3 heterocycles. The van der Waals surface area contributed by atoms with Crippen LogP contribution in [0.5, 0.6) is 0 Å². The maximum absolute atomic E-state index is 13.2. The molecule has 0 aliphatic carbocycles. The molecule has 1 atom stereocenters. The minimum Gasteiger partial charge on any atom is -0.343 e. The molecule has 2 aliphatic heterocycles. The van der Waals surface area contributed by atoms with E-state index in [2.05, 4.69) is 19.6 Å². The monoisotopic (exact) mass is 403 g/mol. The number of aromatic nitrogens is 2. The number of amides is 1. The van der Waals surface area contributed by atoms with Crippen molar-refractivity contribution in [3.05, 3.63) is 5.82 Å². The number of piperazine rings is 1. The predicted molar refractivity (Wildman–Crippen MR) is 93.9 cm³/mol. The Kier molecular flexibility index (Phi) is 7.58. The smallest absolute Gasteiger partial charge is 0.262 e. The van der Waals surface area contributed by atoms with Crippen LogP contribution in [0.1, 0.15) is 19.2 Å². The summed E-state index contributed by atoms with van der Waals surface area (Å²) in [4.78, 5) is 20.5. The Hall–Kier alpha value is -0.770. The fraction of sp³-hybridized carbons (Fsp3) is 0.769. The summed E-state index contributed by atoms with van der Waals surface area (Å²) in [6.45, 7) is 3.98. The van der Waals surface area contributed by atoms with Crippen LogP contribution in [0.2, 0.25) is 0 Å². The maximum Gasteiger partial charge on any atom is 0.262 e. The molecule has 0 aromatic carbocycles. The highest BCUT2D eigenvalue weighted by Crippen LogP contribution is 2.26. The van der Waals surface area contributed by atoms with Gasteiger partial charge in [0.05, 0.1) is 12.6 Å². The maximum atomic E-state index is 13.2. The first kappa shape index (κ1) is 21.3. The second-order valence-electron chi connectivity index (χ2n) is 5.65. The van der Waals surface area contributed by atoms with Gasteiger partial charge in [-0.15, -0.1) is 24.8 Å². The van der Waals surface area contributed by atoms with Gasteiger partial charge in [0.25, 0.3) is 5.92 Å². The van der Waals surface area contributed by atoms with Crippen molar-refractivity contribution in [2.24, 2.45) is 0 Å². The fourth-order valence-electron chi connectivity index (χ4n) is 2.75. The third-order valence-electron chi connectivity index (χ3n) is 4.04. The number of hydrogen-bond acceptors (Lipinski definition) is 6. The normalized spacial score (nSPS) is 22.7. The van der Waals surface area contributed by atoms with Gasteiger partial charge in [0.1, 0.15) is 5.82 Å². The molecule has 1 amide bonds. The zero-order valence-corrected chi connectivity index (χ0v) is 15.7. The molecule has 1 unspecified atom stereocenters. The second-order valence-corrected chi connectivity index (χ2v) is 6.38. The topological polar surface area (TPSA) is 61.4 Å². The second kappa shape index (κ2) is 8.55. The molecule has 24 heavy (non-hydrogen) atoms. The van der Waals surface area contributed by atoms with E-state index in [1.165, 1.54) is 11.5 Å². The molecule has 138 valence electrons. The number of aryl methyl sites for hydroxylation is 1. The van der Waals surface area contributed by atoms with Crippen molar-refractivity contribution in [1.29, 1.82) is 0 Å². The Labute approximate surface area is 156 Å². The lowest BCUT2D eigenvalue weighted by Crippen LogP contribution is -2.53. The standard InChI is InChI=1S/C13H19F2N5OS.2ClH/c1-2-10-17-12(22-18-10)20-5-3-19(4-6-20)11(21)9-7-13(14,15)8-16-9;;/h9,16H,2-8H2,1H3;2*1H. The summed E-state index contributed by atoms with van der Waals surface area (Å²) < 4.78 is 30.6. The van der Waals surface area contributed by atoms with Crippen LogP contribution in [0, 0.1) is 0 Å². The number of alkyl halides is 2. The van der Waals surface area contributed by atoms with Gasteiger partial charge in [0.2, 0.25) is 11.0 Å². The number of nitrogens with one attached hydrogen (secondary N) is 1. The van der Waals surface area contributed by atoms with E-state index in [0.29, 0.717) is 26.2 Å². The van der Waals surface area contributed by atoms with Crippen LogP contribution < -0.4 is 10.2 Å². The SMILES string of the molecule is CCc1nsc(N2CCN(C(=O)C3CC(F)(F)CN3)CC2)n1.Cl.Cl. The lowest BCUT2D eigenvalue weighted by molar-refractivity contribution is -0.134. The van der Waals surface area contributed by atoms with Gasteiger partial charge in [-0.1, -0.05) is 6.92 Å². The average molecular weight is 404 g/mol. The minimum atomic E-state index is -2.77. The Morgan fingerprint density at radius 1 is 1.33 bits per heavy atom. The lowest BCUT2D eigenvalue weighted by Gasteiger charge is -2.35. The van der Waals surface area contributed by atoms with Crippen LogP contribution in [0.25, 0.3) is 0 Å². The highest BCUT2D eigenvalue weighted by atomic mass is 35.5. The molecule has 0 radical (unpaired) electrons. The fourth-order valence-corrected chi connectivity index (χ4v) is 3.55. The quantitative estimate of drug-likeness (QED) is 0.829. The van der Waals surface area contributed by atoms with Crippen molar-refractivity contribution in [2.45, 2.75) is 31.7 Å². The average Bonchev–Trinajstić information content (AvgIpc) is 3.13. The van der Waals surface area contributed by atoms with Crippen molar-refractivity contribution >= 4 is 47.4 Å². The van der Waals surface area contributed by atoms with E-state index < -0.39 is 24.9 Å². The van der Waals surface area contributed by atoms with Crippen LogP contribution >= 0.6 is 36.3 Å². The van der Waals surface area contributed by atoms with Crippen LogP contribution in [-0.4, -0.2) is 64.9 Å². The van der Waals surface area contributed by atoms with Gasteiger partial charge in [0, 0.05) is 50.6 Å². The van der Waals surface area contributed by atoms with E-state index >= 15 is 0 Å². The Bertz CT molecular complexity index is 554. The van der Waals surface area contributed by atoms with Gasteiger partial charge in [-0.25, -0.2) is 13.8 Å². The molecular weight excluding hydrogens is 383 g/mol. The van der Waals surface area contributed by atoms with E-state index in [4.69, 9.17) is 0 Å². The summed E-state index contributed by atoms with van der Waals surface area (Å²) in [5, 5.41) is 3.49. The molecule has 0 spiro atoms. The third-order valence-corrected chi connectivity index (χ3v) is 4.86.